The van der Waals surface area contributed by atoms with Gasteiger partial charge in [-0.15, -0.1) is 0 Å². The predicted octanol–water partition coefficient (Wildman–Crippen LogP) is 14.1. The maximum atomic E-state index is 6.72. The minimum Gasteiger partial charge on any atom is -0.0570 e. The van der Waals surface area contributed by atoms with Crippen LogP contribution >= 0.6 is 0 Å². The SMILES string of the molecule is CC1CCc2cc3c(cc2C1)c1ccc(Oc2[c-]c(-n4[c](=[Pt])n(-c5c(-c6ccccc6)cc(C(C)(C)C)cc5-c5ccccc5)c5ccccc54)ccc2)[c-]c1n3-c1ccccn1. The first-order valence-electron chi connectivity index (χ1n) is 21.8. The van der Waals surface area contributed by atoms with Crippen molar-refractivity contribution in [2.45, 2.75) is 52.4 Å². The van der Waals surface area contributed by atoms with E-state index < -0.39 is 0 Å². The number of aryl methyl sites for hydroxylation is 1. The van der Waals surface area contributed by atoms with Gasteiger partial charge in [-0.05, 0) is 42.4 Å². The average molecular weight is 998 g/mol. The smallest absolute Gasteiger partial charge is 0.0570 e. The van der Waals surface area contributed by atoms with Crippen molar-refractivity contribution in [3.05, 3.63) is 197 Å². The normalized spacial score (nSPS) is 14.1. The number of hydrogen-bond donors (Lipinski definition) is 0. The molecule has 0 amide bonds. The number of rotatable bonds is 7. The van der Waals surface area contributed by atoms with Gasteiger partial charge in [0.25, 0.3) is 0 Å². The Balaban J connectivity index is 1.06. The Morgan fingerprint density at radius 1 is 0.619 bits per heavy atom. The van der Waals surface area contributed by atoms with E-state index in [0.29, 0.717) is 17.4 Å². The van der Waals surface area contributed by atoms with Gasteiger partial charge >= 0.3 is 320 Å². The van der Waals surface area contributed by atoms with E-state index >= 15 is 0 Å². The summed E-state index contributed by atoms with van der Waals surface area (Å²) < 4.78 is 14.7. The molecule has 63 heavy (non-hydrogen) atoms. The van der Waals surface area contributed by atoms with Crippen molar-refractivity contribution in [1.29, 1.82) is 0 Å². The molecule has 6 heteroatoms. The van der Waals surface area contributed by atoms with E-state index in [2.05, 4.69) is 206 Å². The zero-order valence-electron chi connectivity index (χ0n) is 35.8. The van der Waals surface area contributed by atoms with Crippen molar-refractivity contribution >= 4 is 32.8 Å². The Kier molecular flexibility index (Phi) is 9.77. The van der Waals surface area contributed by atoms with Gasteiger partial charge in [-0.1, -0.05) is 13.0 Å². The number of ether oxygens (including phenoxy) is 1. The third-order valence-electron chi connectivity index (χ3n) is 12.6. The molecule has 10 aromatic rings. The van der Waals surface area contributed by atoms with Gasteiger partial charge in [-0.3, -0.25) is 0 Å². The van der Waals surface area contributed by atoms with Gasteiger partial charge < -0.3 is 0 Å². The first-order valence-corrected chi connectivity index (χ1v) is 22.9. The molecule has 5 nitrogen and oxygen atoms in total. The second-order valence-corrected chi connectivity index (χ2v) is 18.9. The van der Waals surface area contributed by atoms with Crippen LogP contribution in [-0.4, -0.2) is 18.7 Å². The van der Waals surface area contributed by atoms with Crippen LogP contribution in [0.25, 0.3) is 72.3 Å². The standard InChI is InChI=1S/C57H46N4O.Pt/c1-38-25-26-41-32-53-50(31-42(41)30-38)47-28-27-46(36-54(47)61(53)55-24-13-14-29-58-55)62-45-21-15-20-44(35-45)59-37-60(52-23-12-11-22-51(52)59)56-48(39-16-7-5-8-17-39)33-43(57(2,3)4)34-49(56)40-18-9-6-10-19-40;/h5-24,27-29,31-34,38H,25-26,30H2,1-4H3;/q-2;. The first kappa shape index (κ1) is 39.3. The van der Waals surface area contributed by atoms with E-state index in [1.54, 1.807) is 0 Å². The summed E-state index contributed by atoms with van der Waals surface area (Å²) in [4.78, 5) is 4.81. The van der Waals surface area contributed by atoms with E-state index in [0.717, 1.165) is 61.3 Å². The number of aromatic nitrogens is 4. The number of hydrogen-bond acceptors (Lipinski definition) is 2. The van der Waals surface area contributed by atoms with Crippen molar-refractivity contribution < 1.29 is 24.1 Å². The fourth-order valence-electron chi connectivity index (χ4n) is 9.42. The minimum atomic E-state index is -0.0673. The summed E-state index contributed by atoms with van der Waals surface area (Å²) in [7, 11) is 0. The van der Waals surface area contributed by atoms with Crippen molar-refractivity contribution in [1.82, 2.24) is 18.7 Å². The molecule has 0 bridgehead atoms. The number of benzene rings is 7. The molecule has 0 N–H and O–H groups in total. The Hall–Kier alpha value is -6.55. The maximum absolute atomic E-state index is 6.72. The number of nitrogens with zero attached hydrogens (tertiary/aromatic N) is 4. The van der Waals surface area contributed by atoms with Gasteiger partial charge in [0.2, 0.25) is 0 Å². The van der Waals surface area contributed by atoms with E-state index in [1.807, 2.05) is 30.5 Å². The van der Waals surface area contributed by atoms with Gasteiger partial charge in [0.15, 0.2) is 0 Å². The summed E-state index contributed by atoms with van der Waals surface area (Å²) >= 11 is 2.50. The third kappa shape index (κ3) is 7.00. The van der Waals surface area contributed by atoms with Crippen LogP contribution in [0.5, 0.6) is 11.5 Å². The molecule has 0 spiro atoms. The van der Waals surface area contributed by atoms with Crippen molar-refractivity contribution in [3.63, 3.8) is 0 Å². The van der Waals surface area contributed by atoms with Gasteiger partial charge in [0.1, 0.15) is 0 Å². The van der Waals surface area contributed by atoms with E-state index in [4.69, 9.17) is 9.72 Å². The monoisotopic (exact) mass is 997 g/mol. The van der Waals surface area contributed by atoms with Crippen LogP contribution in [-0.2, 0) is 37.6 Å². The zero-order valence-corrected chi connectivity index (χ0v) is 38.1. The molecule has 312 valence electrons. The second kappa shape index (κ2) is 15.7. The molecule has 3 aromatic heterocycles. The topological polar surface area (TPSA) is 36.9 Å². The molecule has 0 saturated heterocycles. The summed E-state index contributed by atoms with van der Waals surface area (Å²) in [5.74, 6) is 2.78. The van der Waals surface area contributed by atoms with Gasteiger partial charge in [-0.2, -0.15) is 0 Å². The number of fused-ring (bicyclic) bond motifs is 5. The Labute approximate surface area is 379 Å². The Bertz CT molecular complexity index is 3350. The summed E-state index contributed by atoms with van der Waals surface area (Å²) in [5, 5.41) is 2.36. The molecule has 1 atom stereocenters. The van der Waals surface area contributed by atoms with Crippen LogP contribution in [0.2, 0.25) is 0 Å². The van der Waals surface area contributed by atoms with Crippen LogP contribution in [0.1, 0.15) is 50.8 Å². The van der Waals surface area contributed by atoms with E-state index in [1.165, 1.54) is 50.8 Å². The van der Waals surface area contributed by atoms with Crippen LogP contribution in [0.15, 0.2) is 164 Å². The van der Waals surface area contributed by atoms with Crippen LogP contribution in [0.4, 0.5) is 0 Å². The Morgan fingerprint density at radius 2 is 1.29 bits per heavy atom. The summed E-state index contributed by atoms with van der Waals surface area (Å²) in [6, 6.07) is 63.6. The van der Waals surface area contributed by atoms with E-state index in [-0.39, 0.29) is 5.41 Å². The van der Waals surface area contributed by atoms with Crippen LogP contribution in [0.3, 0.4) is 0 Å². The van der Waals surface area contributed by atoms with Gasteiger partial charge in [0, 0.05) is 6.20 Å². The number of pyridine rings is 1. The molecule has 1 unspecified atom stereocenters. The fraction of sp³-hybridized carbons (Fsp3) is 0.158. The third-order valence-corrected chi connectivity index (χ3v) is 13.6. The molecule has 1 aliphatic rings. The molecule has 3 heterocycles. The average Bonchev–Trinajstić information content (AvgIpc) is 3.78. The van der Waals surface area contributed by atoms with Crippen LogP contribution in [0, 0.1) is 21.9 Å². The molecule has 7 aromatic carbocycles. The molecule has 11 rings (SSSR count). The van der Waals surface area contributed by atoms with Gasteiger partial charge in [-0.25, -0.2) is 0 Å². The fourth-order valence-corrected chi connectivity index (χ4v) is 10.5. The molecular formula is C57H46N4OPt-2. The molecule has 0 fully saturated rings. The van der Waals surface area contributed by atoms with Crippen molar-refractivity contribution in [2.24, 2.45) is 5.92 Å². The number of imidazole rings is 1. The molecule has 0 radical (unpaired) electrons. The zero-order chi connectivity index (χ0) is 42.8. The summed E-state index contributed by atoms with van der Waals surface area (Å²) in [6.45, 7) is 9.24. The summed E-state index contributed by atoms with van der Waals surface area (Å²) in [6.07, 6.45) is 5.28. The molecule has 0 aliphatic heterocycles. The van der Waals surface area contributed by atoms with Gasteiger partial charge in [0.05, 0.1) is 0 Å². The molecular weight excluding hydrogens is 952 g/mol. The molecule has 0 saturated carbocycles. The van der Waals surface area contributed by atoms with Crippen molar-refractivity contribution in [2.75, 3.05) is 0 Å². The quantitative estimate of drug-likeness (QED) is 0.149. The Morgan fingerprint density at radius 3 is 1.97 bits per heavy atom. The predicted molar refractivity (Wildman–Crippen MR) is 253 cm³/mol. The summed E-state index contributed by atoms with van der Waals surface area (Å²) in [5.41, 5.74) is 15.1. The second-order valence-electron chi connectivity index (χ2n) is 17.9. The van der Waals surface area contributed by atoms with Crippen molar-refractivity contribution in [3.8, 4) is 50.9 Å². The van der Waals surface area contributed by atoms with E-state index in [9.17, 15) is 0 Å². The first-order chi connectivity index (χ1) is 30.7. The number of para-hydroxylation sites is 2. The van der Waals surface area contributed by atoms with Crippen LogP contribution < -0.4 is 4.74 Å². The molecule has 1 aliphatic carbocycles. The minimum absolute atomic E-state index is 0.0673.